The van der Waals surface area contributed by atoms with Crippen LogP contribution in [0.4, 0.5) is 0 Å². The zero-order valence-electron chi connectivity index (χ0n) is 15.2. The van der Waals surface area contributed by atoms with Crippen LogP contribution in [0.5, 0.6) is 5.75 Å². The van der Waals surface area contributed by atoms with Crippen molar-refractivity contribution >= 4 is 34.4 Å². The molecule has 3 aromatic rings. The molecule has 0 radical (unpaired) electrons. The third kappa shape index (κ3) is 4.49. The lowest BCUT2D eigenvalue weighted by atomic mass is 10.1. The summed E-state index contributed by atoms with van der Waals surface area (Å²) in [5.41, 5.74) is 2.32. The molecule has 0 amide bonds. The summed E-state index contributed by atoms with van der Waals surface area (Å²) >= 11 is 5.89. The number of halogens is 1. The summed E-state index contributed by atoms with van der Waals surface area (Å²) in [6.45, 7) is 1.75. The minimum absolute atomic E-state index is 0. The second-order valence-corrected chi connectivity index (χ2v) is 6.10. The number of carbonyl (C=O) groups is 2. The van der Waals surface area contributed by atoms with E-state index in [-0.39, 0.29) is 28.8 Å². The topological polar surface area (TPSA) is 163 Å². The number of benzene rings is 2. The molecule has 1 heterocycles. The first-order chi connectivity index (χ1) is 11.9. The number of aromatic nitrogens is 1. The fourth-order valence-corrected chi connectivity index (χ4v) is 3.07. The number of hydrogen-bond acceptors (Lipinski definition) is 3. The highest BCUT2D eigenvalue weighted by molar-refractivity contribution is 6.30. The minimum Gasteiger partial charge on any atom is -0.497 e. The molecule has 9 heteroatoms. The van der Waals surface area contributed by atoms with Crippen LogP contribution in [-0.2, 0) is 11.2 Å². The third-order valence-electron chi connectivity index (χ3n) is 4.16. The van der Waals surface area contributed by atoms with Crippen molar-refractivity contribution in [2.45, 2.75) is 13.3 Å². The summed E-state index contributed by atoms with van der Waals surface area (Å²) in [4.78, 5) is 24.3. The molecule has 0 aliphatic rings. The maximum atomic E-state index is 13.0. The Balaban J connectivity index is 0.00000243. The van der Waals surface area contributed by atoms with Gasteiger partial charge >= 0.3 is 5.97 Å². The van der Waals surface area contributed by atoms with Gasteiger partial charge in [0.05, 0.1) is 19.0 Å². The lowest BCUT2D eigenvalue weighted by Gasteiger charge is -2.08. The largest absolute Gasteiger partial charge is 0.497 e. The Morgan fingerprint density at radius 1 is 1.07 bits per heavy atom. The van der Waals surface area contributed by atoms with Crippen LogP contribution in [0.1, 0.15) is 21.6 Å². The van der Waals surface area contributed by atoms with Crippen LogP contribution in [0, 0.1) is 6.92 Å². The average molecular weight is 412 g/mol. The highest BCUT2D eigenvalue weighted by Gasteiger charge is 2.21. The molecule has 3 rings (SSSR count). The SMILES string of the molecule is COc1ccc2c(c1)c(CC(=O)O)c(C)n2C(=O)c1ccc(Cl)cc1.O.O.O. The number of methoxy groups -OCH3 is 1. The maximum absolute atomic E-state index is 13.0. The molecule has 0 bridgehead atoms. The summed E-state index contributed by atoms with van der Waals surface area (Å²) < 4.78 is 6.77. The maximum Gasteiger partial charge on any atom is 0.307 e. The monoisotopic (exact) mass is 411 g/mol. The number of nitrogens with zero attached hydrogens (tertiary/aromatic N) is 1. The summed E-state index contributed by atoms with van der Waals surface area (Å²) in [6.07, 6.45) is -0.170. The van der Waals surface area contributed by atoms with Crippen LogP contribution in [0.25, 0.3) is 10.9 Å². The highest BCUT2D eigenvalue weighted by Crippen LogP contribution is 2.30. The molecule has 28 heavy (non-hydrogen) atoms. The van der Waals surface area contributed by atoms with Crippen molar-refractivity contribution in [1.82, 2.24) is 4.57 Å². The first-order valence-electron chi connectivity index (χ1n) is 7.62. The molecule has 0 spiro atoms. The molecule has 0 saturated heterocycles. The van der Waals surface area contributed by atoms with Gasteiger partial charge in [-0.2, -0.15) is 0 Å². The number of rotatable bonds is 4. The van der Waals surface area contributed by atoms with Gasteiger partial charge in [0.1, 0.15) is 5.75 Å². The van der Waals surface area contributed by atoms with Gasteiger partial charge in [0.15, 0.2) is 0 Å². The highest BCUT2D eigenvalue weighted by atomic mass is 35.5. The number of fused-ring (bicyclic) bond motifs is 1. The van der Waals surface area contributed by atoms with E-state index in [0.717, 1.165) is 0 Å². The third-order valence-corrected chi connectivity index (χ3v) is 4.42. The van der Waals surface area contributed by atoms with Crippen molar-refractivity contribution in [2.24, 2.45) is 0 Å². The number of ether oxygens (including phenoxy) is 1. The van der Waals surface area contributed by atoms with Gasteiger partial charge in [-0.1, -0.05) is 11.6 Å². The molecule has 2 aromatic carbocycles. The van der Waals surface area contributed by atoms with Crippen LogP contribution in [0.15, 0.2) is 42.5 Å². The van der Waals surface area contributed by atoms with Crippen LogP contribution < -0.4 is 4.74 Å². The summed E-state index contributed by atoms with van der Waals surface area (Å²) in [5, 5.41) is 10.5. The van der Waals surface area contributed by atoms with E-state index >= 15 is 0 Å². The fraction of sp³-hybridized carbons (Fsp3) is 0.158. The first-order valence-corrected chi connectivity index (χ1v) is 8.00. The van der Waals surface area contributed by atoms with E-state index in [9.17, 15) is 14.7 Å². The zero-order valence-corrected chi connectivity index (χ0v) is 16.0. The number of aliphatic carboxylic acids is 1. The Morgan fingerprint density at radius 3 is 2.21 bits per heavy atom. The summed E-state index contributed by atoms with van der Waals surface area (Å²) in [7, 11) is 1.54. The molecule has 0 aliphatic heterocycles. The molecule has 152 valence electrons. The molecule has 0 fully saturated rings. The molecule has 8 nitrogen and oxygen atoms in total. The minimum atomic E-state index is -0.955. The molecular weight excluding hydrogens is 390 g/mol. The normalized spacial score (nSPS) is 9.68. The lowest BCUT2D eigenvalue weighted by molar-refractivity contribution is -0.136. The Labute approximate surface area is 165 Å². The van der Waals surface area contributed by atoms with Crippen LogP contribution in [0.3, 0.4) is 0 Å². The van der Waals surface area contributed by atoms with Gasteiger partial charge in [-0.05, 0) is 55.0 Å². The number of carbonyl (C=O) groups excluding carboxylic acids is 1. The standard InChI is InChI=1S/C19H16ClNO4.3H2O/c1-11-15(10-18(22)23)16-9-14(25-2)7-8-17(16)21(11)19(24)12-3-5-13(20)6-4-12;;;/h3-9H,10H2,1-2H3,(H,22,23);3*1H2. The van der Waals surface area contributed by atoms with Crippen molar-refractivity contribution < 1.29 is 35.9 Å². The van der Waals surface area contributed by atoms with Gasteiger partial charge in [0.2, 0.25) is 0 Å². The van der Waals surface area contributed by atoms with Gasteiger partial charge in [0.25, 0.3) is 5.91 Å². The number of carboxylic acids is 1. The van der Waals surface area contributed by atoms with E-state index in [1.807, 2.05) is 0 Å². The fourth-order valence-electron chi connectivity index (χ4n) is 2.95. The second-order valence-electron chi connectivity index (χ2n) is 5.67. The van der Waals surface area contributed by atoms with Gasteiger partial charge < -0.3 is 26.3 Å². The van der Waals surface area contributed by atoms with Gasteiger partial charge in [-0.15, -0.1) is 0 Å². The number of carboxylic acid groups (broad SMARTS) is 1. The van der Waals surface area contributed by atoms with E-state index in [4.69, 9.17) is 16.3 Å². The van der Waals surface area contributed by atoms with E-state index in [2.05, 4.69) is 0 Å². The predicted molar refractivity (Wildman–Crippen MR) is 107 cm³/mol. The van der Waals surface area contributed by atoms with Gasteiger partial charge in [-0.3, -0.25) is 14.2 Å². The van der Waals surface area contributed by atoms with Crippen LogP contribution >= 0.6 is 11.6 Å². The van der Waals surface area contributed by atoms with E-state index in [1.54, 1.807) is 56.5 Å². The molecule has 1 aromatic heterocycles. The average Bonchev–Trinajstić information content (AvgIpc) is 2.86. The van der Waals surface area contributed by atoms with E-state index < -0.39 is 5.97 Å². The van der Waals surface area contributed by atoms with Gasteiger partial charge in [-0.25, -0.2) is 0 Å². The Bertz CT molecular complexity index is 980. The van der Waals surface area contributed by atoms with Crippen molar-refractivity contribution in [3.05, 3.63) is 64.3 Å². The summed E-state index contributed by atoms with van der Waals surface area (Å²) in [6, 6.07) is 11.9. The van der Waals surface area contributed by atoms with Crippen LogP contribution in [0.2, 0.25) is 5.02 Å². The predicted octanol–water partition coefficient (Wildman–Crippen LogP) is 1.45. The quantitative estimate of drug-likeness (QED) is 0.687. The van der Waals surface area contributed by atoms with E-state index in [1.165, 1.54) is 4.57 Å². The summed E-state index contributed by atoms with van der Waals surface area (Å²) in [5.74, 6) is -0.583. The Kier molecular flexibility index (Phi) is 8.84. The van der Waals surface area contributed by atoms with Crippen molar-refractivity contribution in [2.75, 3.05) is 7.11 Å². The molecule has 0 atom stereocenters. The lowest BCUT2D eigenvalue weighted by Crippen LogP contribution is -2.14. The molecule has 0 unspecified atom stereocenters. The van der Waals surface area contributed by atoms with E-state index in [0.29, 0.717) is 38.5 Å². The Hall–Kier alpha value is -2.91. The Morgan fingerprint density at radius 2 is 1.68 bits per heavy atom. The van der Waals surface area contributed by atoms with Crippen LogP contribution in [-0.4, -0.2) is 45.1 Å². The van der Waals surface area contributed by atoms with Crippen molar-refractivity contribution in [1.29, 1.82) is 0 Å². The smallest absolute Gasteiger partial charge is 0.307 e. The molecule has 0 aliphatic carbocycles. The molecule has 0 saturated carbocycles. The number of hydrogen-bond donors (Lipinski definition) is 1. The first kappa shape index (κ1) is 25.1. The molecular formula is C19H22ClNO7. The van der Waals surface area contributed by atoms with Crippen molar-refractivity contribution in [3.63, 3.8) is 0 Å². The van der Waals surface area contributed by atoms with Gasteiger partial charge in [0, 0.05) is 21.7 Å². The second kappa shape index (κ2) is 9.86. The van der Waals surface area contributed by atoms with Crippen molar-refractivity contribution in [3.8, 4) is 5.75 Å². The zero-order chi connectivity index (χ0) is 18.1. The molecule has 7 N–H and O–H groups in total.